The molecule has 9 heteroatoms. The Balaban J connectivity index is 1.67. The fourth-order valence-electron chi connectivity index (χ4n) is 4.03. The molecule has 2 N–H and O–H groups in total. The zero-order valence-corrected chi connectivity index (χ0v) is 15.1. The SMILES string of the molecule is NC(=O)C1[C@H]2[CH]CCN2S(=O)(=O)N1c1ccc(N2CCCCC2=O)cc1. The molecular weight excluding hydrogens is 356 g/mol. The van der Waals surface area contributed by atoms with Gasteiger partial charge in [0, 0.05) is 25.2 Å². The van der Waals surface area contributed by atoms with Gasteiger partial charge >= 0.3 is 10.2 Å². The van der Waals surface area contributed by atoms with Crippen molar-refractivity contribution in [2.75, 3.05) is 22.3 Å². The molecule has 2 amide bonds. The first-order chi connectivity index (χ1) is 12.4. The lowest BCUT2D eigenvalue weighted by Crippen LogP contribution is -2.47. The number of nitrogens with two attached hydrogens (primary N) is 1. The molecule has 0 spiro atoms. The van der Waals surface area contributed by atoms with Crippen LogP contribution in [0.1, 0.15) is 25.7 Å². The standard InChI is InChI=1S/C17H21N4O4S/c18-17(23)16-14-4-3-11-20(14)26(24,25)21(16)13-8-6-12(7-9-13)19-10-2-1-5-15(19)22/h4,6-9,14,16H,1-3,5,10-11H2,(H2,18,23)/t14-,16?/m1/s1. The fourth-order valence-corrected chi connectivity index (χ4v) is 6.00. The van der Waals surface area contributed by atoms with Crippen LogP contribution >= 0.6 is 0 Å². The molecule has 1 radical (unpaired) electrons. The van der Waals surface area contributed by atoms with Crippen LogP contribution in [0.5, 0.6) is 0 Å². The number of carbonyl (C=O) groups is 2. The lowest BCUT2D eigenvalue weighted by atomic mass is 10.1. The van der Waals surface area contributed by atoms with Crippen LogP contribution in [0.4, 0.5) is 11.4 Å². The second-order valence-corrected chi connectivity index (χ2v) is 8.55. The van der Waals surface area contributed by atoms with Crippen LogP contribution in [0.25, 0.3) is 0 Å². The number of amides is 2. The van der Waals surface area contributed by atoms with Gasteiger partial charge in [0.2, 0.25) is 11.8 Å². The first kappa shape index (κ1) is 17.3. The van der Waals surface area contributed by atoms with E-state index < -0.39 is 28.2 Å². The highest BCUT2D eigenvalue weighted by Gasteiger charge is 2.55. The Labute approximate surface area is 152 Å². The maximum Gasteiger partial charge on any atom is 0.305 e. The third-order valence-electron chi connectivity index (χ3n) is 5.24. The highest BCUT2D eigenvalue weighted by Crippen LogP contribution is 2.39. The first-order valence-electron chi connectivity index (χ1n) is 8.75. The number of nitrogens with zero attached hydrogens (tertiary/aromatic N) is 3. The van der Waals surface area contributed by atoms with E-state index in [9.17, 15) is 18.0 Å². The van der Waals surface area contributed by atoms with Gasteiger partial charge in [-0.05, 0) is 49.9 Å². The molecule has 1 unspecified atom stereocenters. The quantitative estimate of drug-likeness (QED) is 0.823. The van der Waals surface area contributed by atoms with Gasteiger partial charge in [-0.25, -0.2) is 4.31 Å². The third-order valence-corrected chi connectivity index (χ3v) is 7.20. The number of hydrogen-bond donors (Lipinski definition) is 1. The molecular formula is C17H21N4O4S. The van der Waals surface area contributed by atoms with Crippen molar-refractivity contribution in [3.63, 3.8) is 0 Å². The Morgan fingerprint density at radius 2 is 1.77 bits per heavy atom. The largest absolute Gasteiger partial charge is 0.368 e. The minimum absolute atomic E-state index is 0.0723. The number of fused-ring (bicyclic) bond motifs is 1. The van der Waals surface area contributed by atoms with Gasteiger partial charge in [-0.1, -0.05) is 0 Å². The highest BCUT2D eigenvalue weighted by molar-refractivity contribution is 7.90. The van der Waals surface area contributed by atoms with Crippen molar-refractivity contribution in [3.8, 4) is 0 Å². The lowest BCUT2D eigenvalue weighted by molar-refractivity contribution is -0.120. The van der Waals surface area contributed by atoms with E-state index >= 15 is 0 Å². The summed E-state index contributed by atoms with van der Waals surface area (Å²) in [5.74, 6) is -0.599. The summed E-state index contributed by atoms with van der Waals surface area (Å²) in [5.41, 5.74) is 6.64. The van der Waals surface area contributed by atoms with Gasteiger partial charge in [0.1, 0.15) is 6.04 Å². The van der Waals surface area contributed by atoms with Gasteiger partial charge in [0.25, 0.3) is 0 Å². The minimum atomic E-state index is -3.81. The average Bonchev–Trinajstić information content (AvgIpc) is 3.17. The van der Waals surface area contributed by atoms with E-state index in [0.717, 1.165) is 22.8 Å². The fraction of sp³-hybridized carbons (Fsp3) is 0.471. The molecule has 26 heavy (non-hydrogen) atoms. The summed E-state index contributed by atoms with van der Waals surface area (Å²) in [7, 11) is -3.81. The zero-order valence-electron chi connectivity index (χ0n) is 14.2. The van der Waals surface area contributed by atoms with Crippen LogP contribution in [0.2, 0.25) is 0 Å². The molecule has 0 aromatic heterocycles. The Kier molecular flexibility index (Phi) is 4.15. The Bertz CT molecular complexity index is 839. The number of piperidine rings is 1. The predicted octanol–water partition coefficient (Wildman–Crippen LogP) is 0.401. The number of primary amides is 1. The maximum absolute atomic E-state index is 12.9. The molecule has 3 aliphatic heterocycles. The second kappa shape index (κ2) is 6.24. The molecule has 3 saturated heterocycles. The van der Waals surface area contributed by atoms with Gasteiger partial charge in [-0.15, -0.1) is 0 Å². The molecule has 139 valence electrons. The predicted molar refractivity (Wildman–Crippen MR) is 96.4 cm³/mol. The minimum Gasteiger partial charge on any atom is -0.368 e. The van der Waals surface area contributed by atoms with E-state index in [4.69, 9.17) is 5.73 Å². The first-order valence-corrected chi connectivity index (χ1v) is 10.2. The van der Waals surface area contributed by atoms with Gasteiger partial charge in [-0.3, -0.25) is 9.59 Å². The second-order valence-electron chi connectivity index (χ2n) is 6.80. The highest BCUT2D eigenvalue weighted by atomic mass is 32.2. The van der Waals surface area contributed by atoms with Crippen molar-refractivity contribution in [2.45, 2.75) is 37.8 Å². The molecule has 2 atom stereocenters. The van der Waals surface area contributed by atoms with Crippen molar-refractivity contribution < 1.29 is 18.0 Å². The molecule has 4 rings (SSSR count). The molecule has 3 aliphatic rings. The Morgan fingerprint density at radius 1 is 1.08 bits per heavy atom. The zero-order chi connectivity index (χ0) is 18.5. The molecule has 0 saturated carbocycles. The Morgan fingerprint density at radius 3 is 2.42 bits per heavy atom. The van der Waals surface area contributed by atoms with Crippen LogP contribution in [0.15, 0.2) is 24.3 Å². The summed E-state index contributed by atoms with van der Waals surface area (Å²) < 4.78 is 28.2. The van der Waals surface area contributed by atoms with Crippen LogP contribution in [-0.2, 0) is 19.8 Å². The number of anilines is 2. The molecule has 1 aromatic carbocycles. The summed E-state index contributed by atoms with van der Waals surface area (Å²) in [6.07, 6.45) is 4.81. The van der Waals surface area contributed by atoms with Crippen LogP contribution in [0, 0.1) is 6.42 Å². The molecule has 3 fully saturated rings. The van der Waals surface area contributed by atoms with Crippen LogP contribution in [0.3, 0.4) is 0 Å². The lowest BCUT2D eigenvalue weighted by Gasteiger charge is -2.28. The summed E-state index contributed by atoms with van der Waals surface area (Å²) in [6.45, 7) is 1.02. The number of carbonyl (C=O) groups excluding carboxylic acids is 2. The van der Waals surface area contributed by atoms with E-state index in [1.807, 2.05) is 6.42 Å². The van der Waals surface area contributed by atoms with Crippen molar-refractivity contribution in [2.24, 2.45) is 5.73 Å². The summed E-state index contributed by atoms with van der Waals surface area (Å²) in [5, 5.41) is 0. The van der Waals surface area contributed by atoms with Crippen molar-refractivity contribution in [3.05, 3.63) is 30.7 Å². The number of benzene rings is 1. The van der Waals surface area contributed by atoms with Crippen LogP contribution < -0.4 is 14.9 Å². The topological polar surface area (TPSA) is 104 Å². The van der Waals surface area contributed by atoms with Gasteiger partial charge in [0.05, 0.1) is 11.7 Å². The van der Waals surface area contributed by atoms with Gasteiger partial charge < -0.3 is 10.6 Å². The monoisotopic (exact) mass is 377 g/mol. The average molecular weight is 377 g/mol. The van der Waals surface area contributed by atoms with Crippen molar-refractivity contribution in [1.29, 1.82) is 0 Å². The van der Waals surface area contributed by atoms with E-state index in [1.165, 1.54) is 4.31 Å². The number of rotatable bonds is 3. The van der Waals surface area contributed by atoms with Crippen LogP contribution in [-0.4, -0.2) is 49.7 Å². The Hall–Kier alpha value is -2.13. The molecule has 8 nitrogen and oxygen atoms in total. The van der Waals surface area contributed by atoms with E-state index in [1.54, 1.807) is 29.2 Å². The van der Waals surface area contributed by atoms with Gasteiger partial charge in [-0.2, -0.15) is 12.7 Å². The molecule has 1 aromatic rings. The molecule has 0 bridgehead atoms. The third kappa shape index (κ3) is 2.57. The summed E-state index contributed by atoms with van der Waals surface area (Å²) in [6, 6.07) is 5.23. The van der Waals surface area contributed by atoms with E-state index in [2.05, 4.69) is 0 Å². The van der Waals surface area contributed by atoms with Gasteiger partial charge in [0.15, 0.2) is 0 Å². The van der Waals surface area contributed by atoms with E-state index in [-0.39, 0.29) is 5.91 Å². The summed E-state index contributed by atoms with van der Waals surface area (Å²) in [4.78, 5) is 25.8. The van der Waals surface area contributed by atoms with Crippen molar-refractivity contribution in [1.82, 2.24) is 4.31 Å². The van der Waals surface area contributed by atoms with E-state index in [0.29, 0.717) is 31.6 Å². The maximum atomic E-state index is 12.9. The number of hydrogen-bond acceptors (Lipinski definition) is 4. The van der Waals surface area contributed by atoms with Crippen molar-refractivity contribution >= 4 is 33.4 Å². The summed E-state index contributed by atoms with van der Waals surface area (Å²) >= 11 is 0. The molecule has 3 heterocycles. The smallest absolute Gasteiger partial charge is 0.305 e. The molecule has 0 aliphatic carbocycles. The normalized spacial score (nSPS) is 28.4.